The number of hydrogen-bond acceptors (Lipinski definition) is 4. The highest BCUT2D eigenvalue weighted by Gasteiger charge is 2.06. The number of hydrogen-bond donors (Lipinski definition) is 1. The quantitative estimate of drug-likeness (QED) is 0.778. The predicted octanol–water partition coefficient (Wildman–Crippen LogP) is 4.14. The number of aromatic nitrogens is 1. The zero-order chi connectivity index (χ0) is 13.2. The van der Waals surface area contributed by atoms with Crippen molar-refractivity contribution in [1.82, 2.24) is 4.98 Å². The van der Waals surface area contributed by atoms with Gasteiger partial charge in [0, 0.05) is 0 Å². The molecule has 1 atom stereocenters. The first-order valence-corrected chi connectivity index (χ1v) is 6.85. The van der Waals surface area contributed by atoms with Crippen LogP contribution < -0.4 is 4.74 Å². The molecular formula is C15H13NO2S. The molecule has 96 valence electrons. The number of aliphatic hydroxyl groups excluding tert-OH is 1. The Bertz CT molecular complexity index is 656. The zero-order valence-corrected chi connectivity index (χ0v) is 11.2. The SMILES string of the molecule is CC(O)c1ccc(Oc2nc3ccccc3s2)cc1. The van der Waals surface area contributed by atoms with Crippen molar-refractivity contribution in [3.8, 4) is 10.9 Å². The van der Waals surface area contributed by atoms with E-state index in [-0.39, 0.29) is 0 Å². The van der Waals surface area contributed by atoms with E-state index in [0.29, 0.717) is 5.19 Å². The summed E-state index contributed by atoms with van der Waals surface area (Å²) >= 11 is 1.52. The van der Waals surface area contributed by atoms with Gasteiger partial charge in [-0.2, -0.15) is 0 Å². The number of para-hydroxylation sites is 1. The Morgan fingerprint density at radius 3 is 2.53 bits per heavy atom. The summed E-state index contributed by atoms with van der Waals surface area (Å²) in [7, 11) is 0. The maximum atomic E-state index is 9.45. The summed E-state index contributed by atoms with van der Waals surface area (Å²) < 4.78 is 6.83. The number of aliphatic hydroxyl groups is 1. The summed E-state index contributed by atoms with van der Waals surface area (Å²) in [5.41, 5.74) is 1.82. The molecule has 1 unspecified atom stereocenters. The lowest BCUT2D eigenvalue weighted by Crippen LogP contribution is -1.90. The Balaban J connectivity index is 1.84. The van der Waals surface area contributed by atoms with E-state index in [0.717, 1.165) is 21.5 Å². The van der Waals surface area contributed by atoms with Crippen LogP contribution in [0.5, 0.6) is 10.9 Å². The highest BCUT2D eigenvalue weighted by molar-refractivity contribution is 7.20. The normalized spacial score (nSPS) is 12.5. The van der Waals surface area contributed by atoms with Gasteiger partial charge in [0.15, 0.2) is 0 Å². The van der Waals surface area contributed by atoms with Gasteiger partial charge >= 0.3 is 0 Å². The maximum Gasteiger partial charge on any atom is 0.279 e. The molecule has 0 amide bonds. The van der Waals surface area contributed by atoms with Gasteiger partial charge < -0.3 is 9.84 Å². The summed E-state index contributed by atoms with van der Waals surface area (Å²) in [6, 6.07) is 15.3. The van der Waals surface area contributed by atoms with Crippen molar-refractivity contribution in [2.75, 3.05) is 0 Å². The van der Waals surface area contributed by atoms with Gasteiger partial charge in [0.2, 0.25) is 0 Å². The van der Waals surface area contributed by atoms with E-state index >= 15 is 0 Å². The van der Waals surface area contributed by atoms with Crippen LogP contribution in [0.4, 0.5) is 0 Å². The Kier molecular flexibility index (Phi) is 3.19. The van der Waals surface area contributed by atoms with Crippen molar-refractivity contribution in [3.05, 3.63) is 54.1 Å². The first-order valence-electron chi connectivity index (χ1n) is 6.04. The number of nitrogens with zero attached hydrogens (tertiary/aromatic N) is 1. The summed E-state index contributed by atoms with van der Waals surface area (Å²) in [5, 5.41) is 10.1. The smallest absolute Gasteiger partial charge is 0.279 e. The molecule has 19 heavy (non-hydrogen) atoms. The molecule has 0 saturated carbocycles. The average Bonchev–Trinajstić information content (AvgIpc) is 2.81. The molecule has 1 N–H and O–H groups in total. The van der Waals surface area contributed by atoms with Crippen LogP contribution >= 0.6 is 11.3 Å². The Labute approximate surface area is 115 Å². The summed E-state index contributed by atoms with van der Waals surface area (Å²) in [6.45, 7) is 1.74. The van der Waals surface area contributed by atoms with E-state index in [9.17, 15) is 5.11 Å². The van der Waals surface area contributed by atoms with E-state index in [1.165, 1.54) is 11.3 Å². The third kappa shape index (κ3) is 2.59. The van der Waals surface area contributed by atoms with Gasteiger partial charge in [-0.15, -0.1) is 0 Å². The van der Waals surface area contributed by atoms with Gasteiger partial charge in [-0.25, -0.2) is 4.98 Å². The molecule has 3 nitrogen and oxygen atoms in total. The van der Waals surface area contributed by atoms with Crippen molar-refractivity contribution in [2.45, 2.75) is 13.0 Å². The molecule has 0 bridgehead atoms. The van der Waals surface area contributed by atoms with Crippen LogP contribution in [0.3, 0.4) is 0 Å². The Hall–Kier alpha value is -1.91. The lowest BCUT2D eigenvalue weighted by atomic mass is 10.1. The van der Waals surface area contributed by atoms with Crippen molar-refractivity contribution < 1.29 is 9.84 Å². The van der Waals surface area contributed by atoms with Crippen LogP contribution in [-0.2, 0) is 0 Å². The second-order valence-corrected chi connectivity index (χ2v) is 5.29. The predicted molar refractivity (Wildman–Crippen MR) is 76.8 cm³/mol. The fourth-order valence-electron chi connectivity index (χ4n) is 1.81. The van der Waals surface area contributed by atoms with Crippen molar-refractivity contribution in [1.29, 1.82) is 0 Å². The van der Waals surface area contributed by atoms with Crippen LogP contribution in [0.1, 0.15) is 18.6 Å². The first-order chi connectivity index (χ1) is 9.22. The Morgan fingerprint density at radius 1 is 1.11 bits per heavy atom. The molecule has 3 aromatic rings. The summed E-state index contributed by atoms with van der Waals surface area (Å²) in [5.74, 6) is 0.725. The molecule has 0 saturated heterocycles. The number of ether oxygens (including phenoxy) is 1. The standard InChI is InChI=1S/C15H13NO2S/c1-10(17)11-6-8-12(9-7-11)18-15-16-13-4-2-3-5-14(13)19-15/h2-10,17H,1H3. The minimum absolute atomic E-state index is 0.462. The number of rotatable bonds is 3. The molecule has 1 heterocycles. The van der Waals surface area contributed by atoms with Crippen LogP contribution in [0.15, 0.2) is 48.5 Å². The molecule has 0 fully saturated rings. The third-order valence-electron chi connectivity index (χ3n) is 2.84. The molecule has 0 aliphatic rings. The highest BCUT2D eigenvalue weighted by Crippen LogP contribution is 2.31. The number of benzene rings is 2. The topological polar surface area (TPSA) is 42.4 Å². The van der Waals surface area contributed by atoms with E-state index in [1.54, 1.807) is 6.92 Å². The van der Waals surface area contributed by atoms with Gasteiger partial charge in [0.25, 0.3) is 5.19 Å². The van der Waals surface area contributed by atoms with E-state index < -0.39 is 6.10 Å². The van der Waals surface area contributed by atoms with Gasteiger partial charge in [-0.3, -0.25) is 0 Å². The molecule has 2 aromatic carbocycles. The molecule has 0 radical (unpaired) electrons. The van der Waals surface area contributed by atoms with Gasteiger partial charge in [-0.1, -0.05) is 35.6 Å². The summed E-state index contributed by atoms with van der Waals surface area (Å²) in [6.07, 6.45) is -0.462. The first kappa shape index (κ1) is 12.1. The molecule has 3 rings (SSSR count). The lowest BCUT2D eigenvalue weighted by molar-refractivity contribution is 0.199. The largest absolute Gasteiger partial charge is 0.431 e. The van der Waals surface area contributed by atoms with Crippen LogP contribution in [0.2, 0.25) is 0 Å². The maximum absolute atomic E-state index is 9.45. The van der Waals surface area contributed by atoms with Gasteiger partial charge in [0.1, 0.15) is 5.75 Å². The zero-order valence-electron chi connectivity index (χ0n) is 10.4. The van der Waals surface area contributed by atoms with Gasteiger partial charge in [-0.05, 0) is 36.8 Å². The second kappa shape index (κ2) is 4.99. The van der Waals surface area contributed by atoms with E-state index in [2.05, 4.69) is 4.98 Å². The molecule has 0 aliphatic heterocycles. The lowest BCUT2D eigenvalue weighted by Gasteiger charge is -2.05. The number of fused-ring (bicyclic) bond motifs is 1. The minimum atomic E-state index is -0.462. The van der Waals surface area contributed by atoms with Crippen molar-refractivity contribution in [2.24, 2.45) is 0 Å². The molecule has 4 heteroatoms. The minimum Gasteiger partial charge on any atom is -0.431 e. The average molecular weight is 271 g/mol. The fraction of sp³-hybridized carbons (Fsp3) is 0.133. The molecule has 0 spiro atoms. The molecule has 0 aliphatic carbocycles. The van der Waals surface area contributed by atoms with E-state index in [1.807, 2.05) is 48.5 Å². The highest BCUT2D eigenvalue weighted by atomic mass is 32.1. The van der Waals surface area contributed by atoms with Crippen LogP contribution in [0, 0.1) is 0 Å². The fourth-order valence-corrected chi connectivity index (χ4v) is 2.64. The van der Waals surface area contributed by atoms with Gasteiger partial charge in [0.05, 0.1) is 16.3 Å². The third-order valence-corrected chi connectivity index (χ3v) is 3.76. The Morgan fingerprint density at radius 2 is 1.84 bits per heavy atom. The van der Waals surface area contributed by atoms with Crippen molar-refractivity contribution >= 4 is 21.6 Å². The van der Waals surface area contributed by atoms with Crippen LogP contribution in [0.25, 0.3) is 10.2 Å². The monoisotopic (exact) mass is 271 g/mol. The molecule has 1 aromatic heterocycles. The van der Waals surface area contributed by atoms with Crippen LogP contribution in [-0.4, -0.2) is 10.1 Å². The summed E-state index contributed by atoms with van der Waals surface area (Å²) in [4.78, 5) is 4.41. The molecular weight excluding hydrogens is 258 g/mol. The second-order valence-electron chi connectivity index (χ2n) is 4.29. The number of thiazole rings is 1. The van der Waals surface area contributed by atoms with E-state index in [4.69, 9.17) is 4.74 Å². The van der Waals surface area contributed by atoms with Crippen molar-refractivity contribution in [3.63, 3.8) is 0 Å².